The molecule has 0 aliphatic rings. The molecule has 21 heavy (non-hydrogen) atoms. The van der Waals surface area contributed by atoms with Crippen LogP contribution in [-0.4, -0.2) is 18.8 Å². The molecule has 1 aromatic rings. The molecule has 3 heteroatoms. The van der Waals surface area contributed by atoms with Crippen molar-refractivity contribution in [2.75, 3.05) is 13.2 Å². The molecule has 0 aromatic heterocycles. The van der Waals surface area contributed by atoms with E-state index in [4.69, 9.17) is 15.2 Å². The highest BCUT2D eigenvalue weighted by molar-refractivity contribution is 5.43. The Labute approximate surface area is 129 Å². The minimum Gasteiger partial charge on any atom is -0.490 e. The number of rotatable bonds is 6. The first kappa shape index (κ1) is 17.8. The predicted molar refractivity (Wildman–Crippen MR) is 89.1 cm³/mol. The van der Waals surface area contributed by atoms with Crippen LogP contribution in [0.3, 0.4) is 0 Å². The van der Waals surface area contributed by atoms with Gasteiger partial charge in [-0.25, -0.2) is 0 Å². The number of hydrogen-bond acceptors (Lipinski definition) is 3. The third kappa shape index (κ3) is 7.37. The van der Waals surface area contributed by atoms with Crippen molar-refractivity contribution in [1.29, 1.82) is 0 Å². The molecule has 0 heterocycles. The Balaban J connectivity index is 2.96. The summed E-state index contributed by atoms with van der Waals surface area (Å²) in [6, 6.07) is 6.24. The molecule has 0 bridgehead atoms. The van der Waals surface area contributed by atoms with Gasteiger partial charge in [0.05, 0.1) is 6.61 Å². The van der Waals surface area contributed by atoms with Crippen LogP contribution in [-0.2, 0) is 6.42 Å². The first-order valence-electron chi connectivity index (χ1n) is 7.75. The first-order chi connectivity index (χ1) is 9.61. The highest BCUT2D eigenvalue weighted by atomic mass is 16.5. The highest BCUT2D eigenvalue weighted by Gasteiger charge is 2.18. The second-order valence-corrected chi connectivity index (χ2v) is 7.72. The fraction of sp³-hybridized carbons (Fsp3) is 0.667. The van der Waals surface area contributed by atoms with Crippen LogP contribution in [0.4, 0.5) is 0 Å². The molecule has 0 spiro atoms. The van der Waals surface area contributed by atoms with Crippen LogP contribution in [0.2, 0.25) is 0 Å². The summed E-state index contributed by atoms with van der Waals surface area (Å²) in [5.41, 5.74) is 6.79. The lowest BCUT2D eigenvalue weighted by atomic mass is 9.88. The van der Waals surface area contributed by atoms with Crippen LogP contribution >= 0.6 is 0 Å². The van der Waals surface area contributed by atoms with E-state index in [0.717, 1.165) is 24.3 Å². The molecule has 0 atom stereocenters. The summed E-state index contributed by atoms with van der Waals surface area (Å²) in [6.45, 7) is 14.1. The van der Waals surface area contributed by atoms with Gasteiger partial charge in [0.2, 0.25) is 0 Å². The Hall–Kier alpha value is -1.22. The van der Waals surface area contributed by atoms with Gasteiger partial charge >= 0.3 is 0 Å². The number of ether oxygens (including phenoxy) is 2. The Bertz CT molecular complexity index is 442. The molecule has 120 valence electrons. The van der Waals surface area contributed by atoms with E-state index in [1.54, 1.807) is 0 Å². The van der Waals surface area contributed by atoms with Crippen molar-refractivity contribution in [3.05, 3.63) is 23.8 Å². The van der Waals surface area contributed by atoms with Crippen molar-refractivity contribution < 1.29 is 9.47 Å². The van der Waals surface area contributed by atoms with E-state index in [9.17, 15) is 0 Å². The van der Waals surface area contributed by atoms with Crippen molar-refractivity contribution in [2.24, 2.45) is 11.1 Å². The standard InChI is InChI=1S/C18H31NO2/c1-17(2,3)13-14-8-9-15(20-11-7-10-19)16(12-14)21-18(4,5)6/h8-9,12H,7,10-11,13,19H2,1-6H3. The van der Waals surface area contributed by atoms with Gasteiger partial charge in [0, 0.05) is 0 Å². The van der Waals surface area contributed by atoms with Crippen LogP contribution in [0.5, 0.6) is 11.5 Å². The maximum atomic E-state index is 6.06. The number of hydrogen-bond donors (Lipinski definition) is 1. The molecule has 0 saturated heterocycles. The largest absolute Gasteiger partial charge is 0.490 e. The lowest BCUT2D eigenvalue weighted by Gasteiger charge is -2.25. The molecule has 0 amide bonds. The fourth-order valence-electron chi connectivity index (χ4n) is 2.07. The molecule has 0 aliphatic heterocycles. The molecule has 1 aromatic carbocycles. The number of nitrogens with two attached hydrogens (primary N) is 1. The van der Waals surface area contributed by atoms with Gasteiger partial charge in [-0.2, -0.15) is 0 Å². The zero-order chi connectivity index (χ0) is 16.1. The molecule has 0 unspecified atom stereocenters. The van der Waals surface area contributed by atoms with Gasteiger partial charge in [0.25, 0.3) is 0 Å². The van der Waals surface area contributed by atoms with E-state index in [0.29, 0.717) is 13.2 Å². The first-order valence-corrected chi connectivity index (χ1v) is 7.75. The maximum Gasteiger partial charge on any atom is 0.162 e. The van der Waals surface area contributed by atoms with Crippen LogP contribution < -0.4 is 15.2 Å². The van der Waals surface area contributed by atoms with Gasteiger partial charge < -0.3 is 15.2 Å². The normalized spacial score (nSPS) is 12.3. The Morgan fingerprint density at radius 2 is 1.67 bits per heavy atom. The molecular formula is C18H31NO2. The summed E-state index contributed by atoms with van der Waals surface area (Å²) in [5, 5.41) is 0. The van der Waals surface area contributed by atoms with Crippen molar-refractivity contribution in [1.82, 2.24) is 0 Å². The van der Waals surface area contributed by atoms with Gasteiger partial charge in [-0.1, -0.05) is 26.8 Å². The predicted octanol–water partition coefficient (Wildman–Crippen LogP) is 4.18. The average molecular weight is 293 g/mol. The van der Waals surface area contributed by atoms with Crippen molar-refractivity contribution >= 4 is 0 Å². The summed E-state index contributed by atoms with van der Waals surface area (Å²) in [5.74, 6) is 1.62. The molecule has 2 N–H and O–H groups in total. The highest BCUT2D eigenvalue weighted by Crippen LogP contribution is 2.33. The fourth-order valence-corrected chi connectivity index (χ4v) is 2.07. The SMILES string of the molecule is CC(C)(C)Cc1ccc(OCCCN)c(OC(C)(C)C)c1. The summed E-state index contributed by atoms with van der Waals surface area (Å²) in [4.78, 5) is 0. The third-order valence-corrected chi connectivity index (χ3v) is 2.76. The second-order valence-electron chi connectivity index (χ2n) is 7.72. The smallest absolute Gasteiger partial charge is 0.162 e. The summed E-state index contributed by atoms with van der Waals surface area (Å²) >= 11 is 0. The third-order valence-electron chi connectivity index (χ3n) is 2.76. The van der Waals surface area contributed by atoms with E-state index in [2.05, 4.69) is 32.9 Å². The van der Waals surface area contributed by atoms with Crippen molar-refractivity contribution in [2.45, 2.75) is 60.0 Å². The summed E-state index contributed by atoms with van der Waals surface area (Å²) in [6.07, 6.45) is 1.86. The van der Waals surface area contributed by atoms with Gasteiger partial charge in [-0.3, -0.25) is 0 Å². The van der Waals surface area contributed by atoms with E-state index < -0.39 is 0 Å². The Morgan fingerprint density at radius 1 is 1.00 bits per heavy atom. The molecule has 3 nitrogen and oxygen atoms in total. The quantitative estimate of drug-likeness (QED) is 0.800. The summed E-state index contributed by atoms with van der Waals surface area (Å²) < 4.78 is 11.9. The van der Waals surface area contributed by atoms with Crippen molar-refractivity contribution in [3.63, 3.8) is 0 Å². The van der Waals surface area contributed by atoms with E-state index in [-0.39, 0.29) is 11.0 Å². The lowest BCUT2D eigenvalue weighted by Crippen LogP contribution is -2.23. The van der Waals surface area contributed by atoms with Gasteiger partial charge in [-0.15, -0.1) is 0 Å². The van der Waals surface area contributed by atoms with E-state index in [1.807, 2.05) is 26.8 Å². The topological polar surface area (TPSA) is 44.5 Å². The van der Waals surface area contributed by atoms with Gasteiger partial charge in [0.1, 0.15) is 5.60 Å². The minimum absolute atomic E-state index is 0.244. The summed E-state index contributed by atoms with van der Waals surface area (Å²) in [7, 11) is 0. The number of benzene rings is 1. The Kier molecular flexibility index (Phi) is 6.09. The molecule has 0 fully saturated rings. The molecule has 0 aliphatic carbocycles. The van der Waals surface area contributed by atoms with E-state index in [1.165, 1.54) is 5.56 Å². The van der Waals surface area contributed by atoms with Gasteiger partial charge in [-0.05, 0) is 63.3 Å². The zero-order valence-corrected chi connectivity index (χ0v) is 14.5. The molecular weight excluding hydrogens is 262 g/mol. The van der Waals surface area contributed by atoms with Crippen LogP contribution in [0.15, 0.2) is 18.2 Å². The van der Waals surface area contributed by atoms with E-state index >= 15 is 0 Å². The monoisotopic (exact) mass is 293 g/mol. The minimum atomic E-state index is -0.244. The lowest BCUT2D eigenvalue weighted by molar-refractivity contribution is 0.123. The zero-order valence-electron chi connectivity index (χ0n) is 14.5. The van der Waals surface area contributed by atoms with Crippen LogP contribution in [0, 0.1) is 5.41 Å². The Morgan fingerprint density at radius 3 is 2.19 bits per heavy atom. The van der Waals surface area contributed by atoms with Crippen molar-refractivity contribution in [3.8, 4) is 11.5 Å². The van der Waals surface area contributed by atoms with Gasteiger partial charge in [0.15, 0.2) is 11.5 Å². The van der Waals surface area contributed by atoms with Crippen LogP contribution in [0.25, 0.3) is 0 Å². The molecule has 0 saturated carbocycles. The second kappa shape index (κ2) is 7.17. The molecule has 1 rings (SSSR count). The maximum absolute atomic E-state index is 6.06. The van der Waals surface area contributed by atoms with Crippen LogP contribution in [0.1, 0.15) is 53.5 Å². The average Bonchev–Trinajstić information content (AvgIpc) is 2.28. The molecule has 0 radical (unpaired) electrons.